The van der Waals surface area contributed by atoms with E-state index >= 15 is 0 Å². The van der Waals surface area contributed by atoms with E-state index in [0.717, 1.165) is 8.78 Å². The number of sulfonamides is 1. The van der Waals surface area contributed by atoms with Crippen LogP contribution >= 0.6 is 39.1 Å². The lowest BCUT2D eigenvalue weighted by Crippen LogP contribution is -2.52. The molecule has 38 heavy (non-hydrogen) atoms. The fourth-order valence-corrected chi connectivity index (χ4v) is 5.91. The van der Waals surface area contributed by atoms with Crippen LogP contribution in [0.15, 0.2) is 82.2 Å². The van der Waals surface area contributed by atoms with Gasteiger partial charge in [-0.2, -0.15) is 0 Å². The van der Waals surface area contributed by atoms with Crippen LogP contribution in [-0.4, -0.2) is 43.8 Å². The summed E-state index contributed by atoms with van der Waals surface area (Å²) in [6.45, 7) is 4.55. The summed E-state index contributed by atoms with van der Waals surface area (Å²) in [6.07, 6.45) is 0. The van der Waals surface area contributed by atoms with E-state index in [1.807, 2.05) is 13.8 Å². The highest BCUT2D eigenvalue weighted by molar-refractivity contribution is 9.10. The molecule has 0 fully saturated rings. The smallest absolute Gasteiger partial charge is 0.264 e. The zero-order valence-electron chi connectivity index (χ0n) is 21.1. The average molecular weight is 641 g/mol. The molecule has 1 atom stereocenters. The number of benzene rings is 3. The second-order valence-electron chi connectivity index (χ2n) is 8.86. The van der Waals surface area contributed by atoms with Gasteiger partial charge in [-0.05, 0) is 69.3 Å². The van der Waals surface area contributed by atoms with Gasteiger partial charge >= 0.3 is 0 Å². The normalized spacial score (nSPS) is 12.2. The lowest BCUT2D eigenvalue weighted by atomic mass is 10.1. The first kappa shape index (κ1) is 30.0. The summed E-state index contributed by atoms with van der Waals surface area (Å²) in [5, 5.41) is 3.46. The summed E-state index contributed by atoms with van der Waals surface area (Å²) in [6, 6.07) is 18.3. The van der Waals surface area contributed by atoms with Gasteiger partial charge in [0.05, 0.1) is 10.6 Å². The van der Waals surface area contributed by atoms with Crippen LogP contribution in [0.25, 0.3) is 0 Å². The van der Waals surface area contributed by atoms with E-state index in [1.165, 1.54) is 17.0 Å². The minimum absolute atomic E-state index is 0.0296. The molecular weight excluding hydrogens is 613 g/mol. The predicted molar refractivity (Wildman–Crippen MR) is 155 cm³/mol. The van der Waals surface area contributed by atoms with Crippen molar-refractivity contribution in [3.8, 4) is 0 Å². The van der Waals surface area contributed by atoms with Crippen molar-refractivity contribution in [2.45, 2.75) is 44.3 Å². The van der Waals surface area contributed by atoms with Crippen molar-refractivity contribution >= 4 is 66.7 Å². The minimum Gasteiger partial charge on any atom is -0.352 e. The molecule has 0 radical (unpaired) electrons. The number of nitrogens with one attached hydrogen (secondary N) is 1. The summed E-state index contributed by atoms with van der Waals surface area (Å²) >= 11 is 16.1. The highest BCUT2D eigenvalue weighted by Crippen LogP contribution is 2.29. The van der Waals surface area contributed by atoms with Crippen molar-refractivity contribution in [1.29, 1.82) is 0 Å². The van der Waals surface area contributed by atoms with E-state index in [1.54, 1.807) is 67.6 Å². The first-order chi connectivity index (χ1) is 17.9. The molecule has 0 heterocycles. The Bertz CT molecular complexity index is 1370. The van der Waals surface area contributed by atoms with Crippen molar-refractivity contribution in [2.24, 2.45) is 0 Å². The van der Waals surface area contributed by atoms with Crippen LogP contribution in [-0.2, 0) is 26.2 Å². The van der Waals surface area contributed by atoms with Crippen molar-refractivity contribution in [3.63, 3.8) is 0 Å². The van der Waals surface area contributed by atoms with Gasteiger partial charge in [0.2, 0.25) is 11.8 Å². The molecule has 3 aromatic carbocycles. The summed E-state index contributed by atoms with van der Waals surface area (Å²) < 4.78 is 29.2. The van der Waals surface area contributed by atoms with Crippen molar-refractivity contribution in [1.82, 2.24) is 10.2 Å². The topological polar surface area (TPSA) is 86.8 Å². The largest absolute Gasteiger partial charge is 0.352 e. The Morgan fingerprint density at radius 3 is 2.03 bits per heavy atom. The van der Waals surface area contributed by atoms with Crippen molar-refractivity contribution < 1.29 is 18.0 Å². The van der Waals surface area contributed by atoms with Gasteiger partial charge in [0.25, 0.3) is 10.0 Å². The minimum atomic E-state index is -4.13. The lowest BCUT2D eigenvalue weighted by Gasteiger charge is -2.32. The van der Waals surface area contributed by atoms with Crippen LogP contribution in [0.5, 0.6) is 0 Å². The molecule has 0 bridgehead atoms. The molecule has 3 rings (SSSR count). The summed E-state index contributed by atoms with van der Waals surface area (Å²) in [5.74, 6) is -0.993. The molecule has 0 saturated heterocycles. The number of carbonyl (C=O) groups excluding carboxylic acids is 2. The SMILES string of the molecule is CC(C)NC(=O)C(C)N(Cc1c(Cl)cccc1Cl)C(=O)CN(c1ccc(Br)cc1)S(=O)(=O)c1ccccc1. The average Bonchev–Trinajstić information content (AvgIpc) is 2.87. The van der Waals surface area contributed by atoms with Crippen LogP contribution in [0.4, 0.5) is 5.69 Å². The molecule has 11 heteroatoms. The van der Waals surface area contributed by atoms with E-state index in [4.69, 9.17) is 23.2 Å². The molecule has 1 unspecified atom stereocenters. The Balaban J connectivity index is 2.05. The fourth-order valence-electron chi connectivity index (χ4n) is 3.70. The fraction of sp³-hybridized carbons (Fsp3) is 0.259. The van der Waals surface area contributed by atoms with E-state index in [0.29, 0.717) is 21.3 Å². The third-order valence-electron chi connectivity index (χ3n) is 5.71. The zero-order valence-corrected chi connectivity index (χ0v) is 25.0. The first-order valence-corrected chi connectivity index (χ1v) is 14.8. The zero-order chi connectivity index (χ0) is 28.0. The van der Waals surface area contributed by atoms with Crippen LogP contribution in [0, 0.1) is 0 Å². The van der Waals surface area contributed by atoms with Gasteiger partial charge in [-0.1, -0.05) is 63.4 Å². The Labute approximate surface area is 241 Å². The maximum absolute atomic E-state index is 13.9. The maximum atomic E-state index is 13.9. The van der Waals surface area contributed by atoms with Gasteiger partial charge in [0.1, 0.15) is 12.6 Å². The number of halogens is 3. The molecule has 0 aromatic heterocycles. The summed E-state index contributed by atoms with van der Waals surface area (Å²) in [7, 11) is -4.13. The number of carbonyl (C=O) groups is 2. The van der Waals surface area contributed by atoms with Crippen molar-refractivity contribution in [2.75, 3.05) is 10.8 Å². The quantitative estimate of drug-likeness (QED) is 0.299. The third-order valence-corrected chi connectivity index (χ3v) is 8.74. The third kappa shape index (κ3) is 7.28. The Hall–Kier alpha value is -2.59. The van der Waals surface area contributed by atoms with Gasteiger partial charge in [-0.15, -0.1) is 0 Å². The van der Waals surface area contributed by atoms with Gasteiger partial charge in [-0.25, -0.2) is 8.42 Å². The molecule has 1 N–H and O–H groups in total. The second-order valence-corrected chi connectivity index (χ2v) is 12.5. The molecule has 7 nitrogen and oxygen atoms in total. The maximum Gasteiger partial charge on any atom is 0.264 e. The van der Waals surface area contributed by atoms with Crippen LogP contribution in [0.3, 0.4) is 0 Å². The number of hydrogen-bond donors (Lipinski definition) is 1. The van der Waals surface area contributed by atoms with Crippen LogP contribution in [0.1, 0.15) is 26.3 Å². The number of anilines is 1. The Morgan fingerprint density at radius 1 is 0.895 bits per heavy atom. The van der Waals surface area contributed by atoms with Gasteiger partial charge in [-0.3, -0.25) is 13.9 Å². The number of hydrogen-bond acceptors (Lipinski definition) is 4. The molecule has 0 spiro atoms. The summed E-state index contributed by atoms with van der Waals surface area (Å²) in [5.41, 5.74) is 0.745. The Kier molecular flexibility index (Phi) is 10.2. The van der Waals surface area contributed by atoms with Gasteiger partial charge in [0, 0.05) is 32.7 Å². The molecule has 0 saturated carbocycles. The summed E-state index contributed by atoms with van der Waals surface area (Å²) in [4.78, 5) is 28.2. The van der Waals surface area contributed by atoms with Crippen molar-refractivity contribution in [3.05, 3.63) is 92.9 Å². The van der Waals surface area contributed by atoms with E-state index < -0.39 is 34.4 Å². The molecule has 0 aliphatic carbocycles. The molecule has 2 amide bonds. The first-order valence-electron chi connectivity index (χ1n) is 11.8. The highest BCUT2D eigenvalue weighted by atomic mass is 79.9. The molecule has 3 aromatic rings. The molecular formula is C27H28BrCl2N3O4S. The van der Waals surface area contributed by atoms with Gasteiger partial charge in [0.15, 0.2) is 0 Å². The number of amides is 2. The predicted octanol–water partition coefficient (Wildman–Crippen LogP) is 5.89. The highest BCUT2D eigenvalue weighted by Gasteiger charge is 2.33. The van der Waals surface area contributed by atoms with Crippen LogP contribution in [0.2, 0.25) is 10.0 Å². The van der Waals surface area contributed by atoms with E-state index in [-0.39, 0.29) is 17.5 Å². The molecule has 0 aliphatic heterocycles. The Morgan fingerprint density at radius 2 is 1.47 bits per heavy atom. The second kappa shape index (κ2) is 13.0. The number of rotatable bonds is 10. The standard InChI is InChI=1S/C27H28BrCl2N3O4S/c1-18(2)31-27(35)19(3)32(16-23-24(29)10-7-11-25(23)30)26(34)17-33(21-14-12-20(28)13-15-21)38(36,37)22-8-5-4-6-9-22/h4-15,18-19H,16-17H2,1-3H3,(H,31,35). The van der Waals surface area contributed by atoms with Gasteiger partial charge < -0.3 is 10.2 Å². The van der Waals surface area contributed by atoms with E-state index in [9.17, 15) is 18.0 Å². The molecule has 202 valence electrons. The number of nitrogens with zero attached hydrogens (tertiary/aromatic N) is 2. The van der Waals surface area contributed by atoms with E-state index in [2.05, 4.69) is 21.2 Å². The molecule has 0 aliphatic rings. The van der Waals surface area contributed by atoms with Crippen LogP contribution < -0.4 is 9.62 Å². The lowest BCUT2D eigenvalue weighted by molar-refractivity contribution is -0.139. The monoisotopic (exact) mass is 639 g/mol.